The van der Waals surface area contributed by atoms with E-state index in [0.29, 0.717) is 0 Å². The number of hydrogen-bond donors (Lipinski definition) is 0. The zero-order valence-corrected chi connectivity index (χ0v) is 16.5. The molecule has 6 heteroatoms. The van der Waals surface area contributed by atoms with Crippen molar-refractivity contribution in [3.63, 3.8) is 0 Å². The molecule has 4 nitrogen and oxygen atoms in total. The molecule has 0 heterocycles. The normalized spacial score (nSPS) is 15.3. The van der Waals surface area contributed by atoms with Crippen LogP contribution in [0.3, 0.4) is 0 Å². The second-order valence-electron chi connectivity index (χ2n) is 5.10. The van der Waals surface area contributed by atoms with Gasteiger partial charge in [0.2, 0.25) is 0 Å². The van der Waals surface area contributed by atoms with Gasteiger partial charge in [0.1, 0.15) is 0 Å². The summed E-state index contributed by atoms with van der Waals surface area (Å²) < 4.78 is 9.73. The van der Waals surface area contributed by atoms with Crippen molar-refractivity contribution >= 4 is 17.8 Å². The van der Waals surface area contributed by atoms with Crippen molar-refractivity contribution in [2.24, 2.45) is 0 Å². The average Bonchev–Trinajstić information content (AvgIpc) is 2.42. The summed E-state index contributed by atoms with van der Waals surface area (Å²) >= 11 is 7.67. The van der Waals surface area contributed by atoms with Crippen LogP contribution in [0.5, 0.6) is 0 Å². The summed E-state index contributed by atoms with van der Waals surface area (Å²) in [5.74, 6) is 0. The molecule has 0 saturated heterocycles. The molecule has 0 fully saturated rings. The van der Waals surface area contributed by atoms with E-state index >= 15 is 0 Å². The van der Waals surface area contributed by atoms with Gasteiger partial charge in [-0.2, -0.15) is 0 Å². The molecule has 0 aliphatic heterocycles. The van der Waals surface area contributed by atoms with Gasteiger partial charge >= 0.3 is 131 Å². The van der Waals surface area contributed by atoms with Crippen LogP contribution in [0.15, 0.2) is 0 Å². The summed E-state index contributed by atoms with van der Waals surface area (Å²) in [5.41, 5.74) is 0. The van der Waals surface area contributed by atoms with Crippen LogP contribution >= 0.6 is 17.8 Å². The first-order valence-electron chi connectivity index (χ1n) is 8.00. The van der Waals surface area contributed by atoms with Crippen molar-refractivity contribution in [2.75, 3.05) is 53.4 Å². The number of nitrogens with zero attached hydrogens (tertiary/aromatic N) is 4. The molecule has 0 atom stereocenters. The fourth-order valence-electron chi connectivity index (χ4n) is 3.43. The second kappa shape index (κ2) is 8.26. The zero-order chi connectivity index (χ0) is 16.0. The van der Waals surface area contributed by atoms with E-state index in [9.17, 15) is 0 Å². The zero-order valence-electron chi connectivity index (χ0n) is 14.9. The summed E-state index contributed by atoms with van der Waals surface area (Å²) in [6.07, 6.45) is 0. The third kappa shape index (κ3) is 2.88. The van der Waals surface area contributed by atoms with E-state index < -0.39 is 6.56 Å². The average molecular weight is 327 g/mol. The first-order chi connectivity index (χ1) is 9.33. The van der Waals surface area contributed by atoms with E-state index in [1.807, 2.05) is 0 Å². The van der Waals surface area contributed by atoms with Gasteiger partial charge in [0.05, 0.1) is 0 Å². The predicted molar refractivity (Wildman–Crippen MR) is 95.2 cm³/mol. The molecule has 124 valence electrons. The third-order valence-electron chi connectivity index (χ3n) is 4.34. The van der Waals surface area contributed by atoms with Gasteiger partial charge < -0.3 is 0 Å². The fraction of sp³-hybridized carbons (Fsp3) is 1.00. The van der Waals surface area contributed by atoms with Gasteiger partial charge in [0.15, 0.2) is 0 Å². The molecule has 0 N–H and O–H groups in total. The Morgan fingerprint density at radius 2 is 0.800 bits per heavy atom. The van der Waals surface area contributed by atoms with Crippen LogP contribution in [-0.4, -0.2) is 72.0 Å². The monoisotopic (exact) mass is 326 g/mol. The Hall–Kier alpha value is 0.560. The molecule has 0 bridgehead atoms. The summed E-state index contributed by atoms with van der Waals surface area (Å²) in [6, 6.07) is 0. The minimum atomic E-state index is -2.96. The Morgan fingerprint density at radius 3 is 0.900 bits per heavy atom. The molecule has 20 heavy (non-hydrogen) atoms. The molecule has 0 rings (SSSR count). The summed E-state index contributed by atoms with van der Waals surface area (Å²) in [4.78, 5) is 0. The molecule has 0 aliphatic carbocycles. The Balaban J connectivity index is 6.32. The maximum absolute atomic E-state index is 7.67. The molecule has 0 spiro atoms. The standard InChI is InChI=1S/C14H36ClN4P/c1-9-17(10-2)20(15,16(7)8,18(11-3)12-4)19(13-5)14-6/h9-14H2,1-8H3. The summed E-state index contributed by atoms with van der Waals surface area (Å²) in [7, 11) is 4.28. The molecule has 0 aromatic carbocycles. The van der Waals surface area contributed by atoms with Gasteiger partial charge in [-0.15, -0.1) is 0 Å². The van der Waals surface area contributed by atoms with Gasteiger partial charge in [-0.25, -0.2) is 0 Å². The van der Waals surface area contributed by atoms with E-state index in [1.165, 1.54) is 0 Å². The van der Waals surface area contributed by atoms with E-state index in [-0.39, 0.29) is 0 Å². The van der Waals surface area contributed by atoms with Gasteiger partial charge in [-0.1, -0.05) is 0 Å². The Morgan fingerprint density at radius 1 is 0.600 bits per heavy atom. The van der Waals surface area contributed by atoms with Crippen LogP contribution in [0.2, 0.25) is 0 Å². The molecule has 0 amide bonds. The molecular formula is C14H36ClN4P. The maximum atomic E-state index is 7.67. The van der Waals surface area contributed by atoms with E-state index in [2.05, 4.69) is 74.3 Å². The quantitative estimate of drug-likeness (QED) is 0.564. The topological polar surface area (TPSA) is 13.0 Å². The first-order valence-corrected chi connectivity index (χ1v) is 11.0. The summed E-state index contributed by atoms with van der Waals surface area (Å²) in [5, 5.41) is 0. The van der Waals surface area contributed by atoms with Crippen LogP contribution in [0.4, 0.5) is 0 Å². The molecule has 0 saturated carbocycles. The van der Waals surface area contributed by atoms with Crippen molar-refractivity contribution in [3.05, 3.63) is 0 Å². The predicted octanol–water partition coefficient (Wildman–Crippen LogP) is 3.94. The van der Waals surface area contributed by atoms with Crippen LogP contribution in [-0.2, 0) is 0 Å². The number of halogens is 1. The third-order valence-corrected chi connectivity index (χ3v) is 13.2. The second-order valence-corrected chi connectivity index (χ2v) is 11.1. The Kier molecular flexibility index (Phi) is 8.49. The number of hydrogen-bond acceptors (Lipinski definition) is 4. The van der Waals surface area contributed by atoms with Crippen molar-refractivity contribution in [1.29, 1.82) is 0 Å². The molecule has 0 radical (unpaired) electrons. The minimum absolute atomic E-state index is 0.961. The van der Waals surface area contributed by atoms with E-state index in [1.54, 1.807) is 0 Å². The van der Waals surface area contributed by atoms with Crippen LogP contribution < -0.4 is 0 Å². The first kappa shape index (κ1) is 20.6. The summed E-state index contributed by atoms with van der Waals surface area (Å²) in [6.45, 7) is 16.1. The van der Waals surface area contributed by atoms with E-state index in [4.69, 9.17) is 11.2 Å². The van der Waals surface area contributed by atoms with Gasteiger partial charge in [0.25, 0.3) is 0 Å². The Bertz CT molecular complexity index is 242. The van der Waals surface area contributed by atoms with Crippen molar-refractivity contribution in [3.8, 4) is 0 Å². The van der Waals surface area contributed by atoms with Crippen LogP contribution in [0.25, 0.3) is 0 Å². The van der Waals surface area contributed by atoms with Crippen molar-refractivity contribution in [2.45, 2.75) is 41.5 Å². The Labute approximate surface area is 132 Å². The molecule has 0 aromatic heterocycles. The van der Waals surface area contributed by atoms with Crippen molar-refractivity contribution in [1.82, 2.24) is 18.7 Å². The molecule has 0 unspecified atom stereocenters. The molecular weight excluding hydrogens is 291 g/mol. The van der Waals surface area contributed by atoms with Gasteiger partial charge in [0, 0.05) is 0 Å². The number of rotatable bonds is 10. The van der Waals surface area contributed by atoms with Crippen molar-refractivity contribution < 1.29 is 0 Å². The molecule has 0 aliphatic rings. The fourth-order valence-corrected chi connectivity index (χ4v) is 10.9. The van der Waals surface area contributed by atoms with Crippen LogP contribution in [0.1, 0.15) is 41.5 Å². The molecule has 0 aromatic rings. The SMILES string of the molecule is CCN(CC)P(Cl)(N(C)C)(N(CC)CC)N(CC)CC. The van der Waals surface area contributed by atoms with Gasteiger partial charge in [-0.3, -0.25) is 0 Å². The van der Waals surface area contributed by atoms with Crippen LogP contribution in [0, 0.1) is 0 Å². The van der Waals surface area contributed by atoms with Gasteiger partial charge in [-0.05, 0) is 0 Å². The van der Waals surface area contributed by atoms with E-state index in [0.717, 1.165) is 39.3 Å².